The monoisotopic (exact) mass is 192 g/mol. The number of anilines is 1. The van der Waals surface area contributed by atoms with Gasteiger partial charge in [-0.15, -0.1) is 4.94 Å². The molecule has 2 N–H and O–H groups in total. The third kappa shape index (κ3) is 2.06. The van der Waals surface area contributed by atoms with Crippen LogP contribution in [0.1, 0.15) is 12.0 Å². The lowest BCUT2D eigenvalue weighted by molar-refractivity contribution is 0.152. The zero-order valence-corrected chi connectivity index (χ0v) is 6.78. The molecule has 0 radical (unpaired) electrons. The van der Waals surface area contributed by atoms with E-state index in [1.807, 2.05) is 0 Å². The topological polar surface area (TPSA) is 24.1 Å². The molecule has 0 amide bonds. The summed E-state index contributed by atoms with van der Waals surface area (Å²) in [7, 11) is 0. The van der Waals surface area contributed by atoms with Crippen molar-refractivity contribution >= 4 is 17.5 Å². The minimum Gasteiger partial charge on any atom is -0.307 e. The summed E-state index contributed by atoms with van der Waals surface area (Å²) in [5.41, 5.74) is 2.59. The molecule has 0 spiro atoms. The van der Waals surface area contributed by atoms with Crippen LogP contribution in [0.15, 0.2) is 24.3 Å². The first-order valence-electron chi connectivity index (χ1n) is 3.24. The van der Waals surface area contributed by atoms with Gasteiger partial charge < -0.3 is 5.43 Å². The highest BCUT2D eigenvalue weighted by Crippen LogP contribution is 2.25. The van der Waals surface area contributed by atoms with Gasteiger partial charge in [0.1, 0.15) is 0 Å². The molecular weight excluding hydrogens is 186 g/mol. The number of hydrogen-bond acceptors (Lipinski definition) is 2. The number of nitrogens with one attached hydrogen (secondary N) is 2. The van der Waals surface area contributed by atoms with Crippen molar-refractivity contribution in [3.8, 4) is 0 Å². The van der Waals surface area contributed by atoms with Crippen LogP contribution in [-0.2, 0) is 0 Å². The van der Waals surface area contributed by atoms with Gasteiger partial charge in [-0.3, -0.25) is 0 Å². The molecule has 0 atom stereocenters. The lowest BCUT2D eigenvalue weighted by Crippen LogP contribution is -2.10. The van der Waals surface area contributed by atoms with Gasteiger partial charge in [-0.2, -0.15) is 0 Å². The lowest BCUT2D eigenvalue weighted by atomic mass is 10.2. The molecule has 0 aliphatic rings. The molecule has 0 heterocycles. The summed E-state index contributed by atoms with van der Waals surface area (Å²) in [4.78, 5) is 2.07. The van der Waals surface area contributed by atoms with E-state index < -0.39 is 6.43 Å². The molecule has 0 aromatic heterocycles. The van der Waals surface area contributed by atoms with Gasteiger partial charge in [0, 0.05) is 5.56 Å². The lowest BCUT2D eigenvalue weighted by Gasteiger charge is -2.08. The summed E-state index contributed by atoms with van der Waals surface area (Å²) in [5, 5.41) is 0. The molecule has 2 nitrogen and oxygen atoms in total. The van der Waals surface area contributed by atoms with Crippen molar-refractivity contribution in [2.45, 2.75) is 6.43 Å². The summed E-state index contributed by atoms with van der Waals surface area (Å²) in [6.45, 7) is 0. The number of alkyl halides is 2. The van der Waals surface area contributed by atoms with E-state index in [0.717, 1.165) is 0 Å². The molecule has 1 rings (SSSR count). The van der Waals surface area contributed by atoms with E-state index in [1.54, 1.807) is 12.1 Å². The molecule has 66 valence electrons. The molecule has 0 aliphatic heterocycles. The van der Waals surface area contributed by atoms with Gasteiger partial charge in [0.05, 0.1) is 5.69 Å². The first-order valence-corrected chi connectivity index (χ1v) is 3.62. The fourth-order valence-electron chi connectivity index (χ4n) is 0.852. The highest BCUT2D eigenvalue weighted by molar-refractivity contribution is 6.14. The predicted molar refractivity (Wildman–Crippen MR) is 44.0 cm³/mol. The van der Waals surface area contributed by atoms with Gasteiger partial charge >= 0.3 is 0 Å². The van der Waals surface area contributed by atoms with Crippen molar-refractivity contribution < 1.29 is 8.78 Å². The zero-order valence-electron chi connectivity index (χ0n) is 6.02. The standard InChI is InChI=1S/C7H7ClF2N2/c8-12-11-6-4-2-1-3-5(6)7(9)10/h1-4,7,11-12H. The Morgan fingerprint density at radius 3 is 2.50 bits per heavy atom. The van der Waals surface area contributed by atoms with Gasteiger partial charge in [-0.05, 0) is 17.8 Å². The fraction of sp³-hybridized carbons (Fsp3) is 0.143. The van der Waals surface area contributed by atoms with Crippen molar-refractivity contribution in [2.24, 2.45) is 0 Å². The number of para-hydroxylation sites is 1. The maximum absolute atomic E-state index is 12.2. The van der Waals surface area contributed by atoms with Crippen molar-refractivity contribution in [3.63, 3.8) is 0 Å². The molecule has 0 saturated carbocycles. The Balaban J connectivity index is 2.92. The average Bonchev–Trinajstić information content (AvgIpc) is 2.05. The van der Waals surface area contributed by atoms with Crippen molar-refractivity contribution in [1.82, 2.24) is 4.94 Å². The summed E-state index contributed by atoms with van der Waals surface area (Å²) in [6, 6.07) is 6.03. The van der Waals surface area contributed by atoms with Crippen LogP contribution in [0.25, 0.3) is 0 Å². The van der Waals surface area contributed by atoms with E-state index in [1.165, 1.54) is 12.1 Å². The number of hydrogen-bond donors (Lipinski definition) is 2. The maximum atomic E-state index is 12.2. The number of rotatable bonds is 3. The minimum atomic E-state index is -2.50. The van der Waals surface area contributed by atoms with Crippen LogP contribution in [0, 0.1) is 0 Å². The van der Waals surface area contributed by atoms with Crippen LogP contribution in [-0.4, -0.2) is 0 Å². The predicted octanol–water partition coefficient (Wildman–Crippen LogP) is 2.69. The summed E-state index contributed by atoms with van der Waals surface area (Å²) >= 11 is 5.11. The molecule has 0 saturated heterocycles. The van der Waals surface area contributed by atoms with Gasteiger partial charge in [-0.25, -0.2) is 8.78 Å². The zero-order chi connectivity index (χ0) is 8.97. The van der Waals surface area contributed by atoms with Gasteiger partial charge in [-0.1, -0.05) is 18.2 Å². The molecule has 12 heavy (non-hydrogen) atoms. The van der Waals surface area contributed by atoms with Crippen molar-refractivity contribution in [1.29, 1.82) is 0 Å². The molecule has 0 unspecified atom stereocenters. The number of hydrazine groups is 1. The normalized spacial score (nSPS) is 10.3. The third-order valence-corrected chi connectivity index (χ3v) is 1.47. The van der Waals surface area contributed by atoms with E-state index in [9.17, 15) is 8.78 Å². The maximum Gasteiger partial charge on any atom is 0.265 e. The number of benzene rings is 1. The van der Waals surface area contributed by atoms with E-state index in [4.69, 9.17) is 11.8 Å². The second kappa shape index (κ2) is 4.23. The Hall–Kier alpha value is -0.870. The quantitative estimate of drug-likeness (QED) is 0.569. The summed E-state index contributed by atoms with van der Waals surface area (Å²) in [6.07, 6.45) is -2.50. The van der Waals surface area contributed by atoms with Crippen LogP contribution < -0.4 is 10.4 Å². The van der Waals surface area contributed by atoms with Crippen molar-refractivity contribution in [3.05, 3.63) is 29.8 Å². The highest BCUT2D eigenvalue weighted by atomic mass is 35.5. The van der Waals surface area contributed by atoms with Gasteiger partial charge in [0.25, 0.3) is 6.43 Å². The molecular formula is C7H7ClF2N2. The average molecular weight is 193 g/mol. The Kier molecular flexibility index (Phi) is 3.25. The van der Waals surface area contributed by atoms with E-state index in [0.29, 0.717) is 0 Å². The fourth-order valence-corrected chi connectivity index (χ4v) is 0.954. The Morgan fingerprint density at radius 2 is 1.92 bits per heavy atom. The second-order valence-electron chi connectivity index (χ2n) is 2.11. The summed E-state index contributed by atoms with van der Waals surface area (Å²) < 4.78 is 24.5. The van der Waals surface area contributed by atoms with Crippen LogP contribution >= 0.6 is 11.8 Å². The molecule has 0 fully saturated rings. The SMILES string of the molecule is FC(F)c1ccccc1NNCl. The molecule has 5 heteroatoms. The van der Waals surface area contributed by atoms with Gasteiger partial charge in [0.15, 0.2) is 0 Å². The van der Waals surface area contributed by atoms with Crippen molar-refractivity contribution in [2.75, 3.05) is 5.43 Å². The van der Waals surface area contributed by atoms with Gasteiger partial charge in [0.2, 0.25) is 0 Å². The Bertz CT molecular complexity index is 255. The smallest absolute Gasteiger partial charge is 0.265 e. The molecule has 1 aromatic rings. The minimum absolute atomic E-state index is 0.0781. The molecule has 1 aromatic carbocycles. The first-order chi connectivity index (χ1) is 5.75. The van der Waals surface area contributed by atoms with E-state index in [2.05, 4.69) is 10.4 Å². The Morgan fingerprint density at radius 1 is 1.25 bits per heavy atom. The van der Waals surface area contributed by atoms with Crippen LogP contribution in [0.2, 0.25) is 0 Å². The number of halogens is 3. The highest BCUT2D eigenvalue weighted by Gasteiger charge is 2.10. The first kappa shape index (κ1) is 9.22. The Labute approximate surface area is 73.6 Å². The van der Waals surface area contributed by atoms with Crippen LogP contribution in [0.3, 0.4) is 0 Å². The molecule has 0 aliphatic carbocycles. The summed E-state index contributed by atoms with van der Waals surface area (Å²) in [5.74, 6) is 0. The third-order valence-electron chi connectivity index (χ3n) is 1.38. The van der Waals surface area contributed by atoms with Crippen LogP contribution in [0.5, 0.6) is 0 Å². The largest absolute Gasteiger partial charge is 0.307 e. The van der Waals surface area contributed by atoms with E-state index >= 15 is 0 Å². The van der Waals surface area contributed by atoms with E-state index in [-0.39, 0.29) is 11.3 Å². The second-order valence-corrected chi connectivity index (χ2v) is 2.30. The van der Waals surface area contributed by atoms with Crippen LogP contribution in [0.4, 0.5) is 14.5 Å². The molecule has 0 bridgehead atoms.